The second-order valence-corrected chi connectivity index (χ2v) is 9.82. The molecular formula is C30H21N5O2+2. The molecule has 7 heteroatoms. The minimum absolute atomic E-state index is 0.616. The third-order valence-electron chi connectivity index (χ3n) is 8.06. The monoisotopic (exact) mass is 483 g/mol. The lowest BCUT2D eigenvalue weighted by atomic mass is 9.87. The summed E-state index contributed by atoms with van der Waals surface area (Å²) < 4.78 is 22.2. The molecule has 6 aromatic rings. The van der Waals surface area contributed by atoms with Crippen LogP contribution in [0.15, 0.2) is 95.8 Å². The largest absolute Gasteiger partial charge is 0.469 e. The molecule has 0 saturated heterocycles. The molecule has 0 bridgehead atoms. The average molecular weight is 484 g/mol. The molecule has 1 spiro atoms. The summed E-state index contributed by atoms with van der Waals surface area (Å²) in [6, 6.07) is 24.8. The molecule has 3 aliphatic heterocycles. The smallest absolute Gasteiger partial charge is 0.455 e. The van der Waals surface area contributed by atoms with Crippen molar-refractivity contribution in [2.75, 3.05) is 0 Å². The van der Waals surface area contributed by atoms with Crippen molar-refractivity contribution in [3.05, 3.63) is 114 Å². The molecule has 37 heavy (non-hydrogen) atoms. The van der Waals surface area contributed by atoms with Crippen molar-refractivity contribution < 1.29 is 18.5 Å². The van der Waals surface area contributed by atoms with Crippen LogP contribution in [-0.4, -0.2) is 14.3 Å². The van der Waals surface area contributed by atoms with Gasteiger partial charge in [-0.25, -0.2) is 4.98 Å². The molecule has 0 N–H and O–H groups in total. The van der Waals surface area contributed by atoms with E-state index in [0.717, 1.165) is 62.3 Å². The lowest BCUT2D eigenvalue weighted by Gasteiger charge is -2.22. The predicted molar refractivity (Wildman–Crippen MR) is 134 cm³/mol. The zero-order chi connectivity index (χ0) is 24.5. The summed E-state index contributed by atoms with van der Waals surface area (Å²) in [5, 5.41) is 0. The second-order valence-electron chi connectivity index (χ2n) is 9.82. The highest BCUT2D eigenvalue weighted by atomic mass is 16.5. The van der Waals surface area contributed by atoms with Gasteiger partial charge in [0.1, 0.15) is 28.4 Å². The fourth-order valence-corrected chi connectivity index (χ4v) is 6.77. The summed E-state index contributed by atoms with van der Waals surface area (Å²) in [6.07, 6.45) is 6.11. The van der Waals surface area contributed by atoms with E-state index in [9.17, 15) is 0 Å². The zero-order valence-electron chi connectivity index (χ0n) is 20.2. The van der Waals surface area contributed by atoms with Gasteiger partial charge < -0.3 is 9.15 Å². The normalized spacial score (nSPS) is 17.2. The first-order valence-corrected chi connectivity index (χ1v) is 12.4. The predicted octanol–water partition coefficient (Wildman–Crippen LogP) is 4.81. The van der Waals surface area contributed by atoms with Gasteiger partial charge in [0.2, 0.25) is 17.8 Å². The number of aromatic nitrogens is 5. The van der Waals surface area contributed by atoms with Gasteiger partial charge in [0.15, 0.2) is 16.9 Å². The van der Waals surface area contributed by atoms with Gasteiger partial charge in [-0.1, -0.05) is 30.3 Å². The van der Waals surface area contributed by atoms with E-state index >= 15 is 0 Å². The molecule has 0 aliphatic carbocycles. The molecular weight excluding hydrogens is 462 g/mol. The van der Waals surface area contributed by atoms with Gasteiger partial charge in [-0.05, 0) is 52.7 Å². The highest BCUT2D eigenvalue weighted by Gasteiger charge is 2.74. The number of hydrogen-bond donors (Lipinski definition) is 0. The van der Waals surface area contributed by atoms with E-state index < -0.39 is 5.66 Å². The van der Waals surface area contributed by atoms with Crippen molar-refractivity contribution in [1.29, 1.82) is 0 Å². The van der Waals surface area contributed by atoms with E-state index in [4.69, 9.17) is 9.15 Å². The molecule has 0 amide bonds. The maximum Gasteiger partial charge on any atom is 0.469 e. The minimum Gasteiger partial charge on any atom is -0.455 e. The Kier molecular flexibility index (Phi) is 3.26. The summed E-state index contributed by atoms with van der Waals surface area (Å²) in [5.74, 6) is 3.14. The number of fused-ring (bicyclic) bond motifs is 4. The molecule has 0 fully saturated rings. The molecule has 1 atom stereocenters. The van der Waals surface area contributed by atoms with Crippen LogP contribution in [0.3, 0.4) is 0 Å². The molecule has 1 unspecified atom stereocenters. The van der Waals surface area contributed by atoms with Crippen molar-refractivity contribution in [2.24, 2.45) is 0 Å². The number of rotatable bonds is 2. The third-order valence-corrected chi connectivity index (χ3v) is 8.06. The summed E-state index contributed by atoms with van der Waals surface area (Å²) in [5.41, 5.74) is 8.11. The SMILES string of the molecule is Cc1c(-c2cnc(-c3ccccc3)o2)c(C)[n+]2n1-c1cccc3c1C21c2c(cccc2-n2ccc[n+]21)O3. The van der Waals surface area contributed by atoms with Crippen LogP contribution in [0.1, 0.15) is 22.5 Å². The van der Waals surface area contributed by atoms with E-state index in [1.54, 1.807) is 0 Å². The van der Waals surface area contributed by atoms with Crippen molar-refractivity contribution in [1.82, 2.24) is 14.3 Å². The first-order chi connectivity index (χ1) is 18.2. The van der Waals surface area contributed by atoms with E-state index in [2.05, 4.69) is 92.4 Å². The van der Waals surface area contributed by atoms with E-state index in [0.29, 0.717) is 5.89 Å². The fraction of sp³-hybridized carbons (Fsp3) is 0.100. The summed E-state index contributed by atoms with van der Waals surface area (Å²) >= 11 is 0. The van der Waals surface area contributed by atoms with Crippen molar-refractivity contribution in [3.63, 3.8) is 0 Å². The molecule has 3 aliphatic rings. The van der Waals surface area contributed by atoms with Gasteiger partial charge in [-0.3, -0.25) is 0 Å². The van der Waals surface area contributed by atoms with Gasteiger partial charge in [0, 0.05) is 18.6 Å². The summed E-state index contributed by atoms with van der Waals surface area (Å²) in [6.45, 7) is 4.33. The van der Waals surface area contributed by atoms with E-state index in [1.807, 2.05) is 36.5 Å². The fourth-order valence-electron chi connectivity index (χ4n) is 6.77. The minimum atomic E-state index is -0.616. The lowest BCUT2D eigenvalue weighted by Crippen LogP contribution is -2.75. The molecule has 0 saturated carbocycles. The molecule has 3 aromatic heterocycles. The Bertz CT molecular complexity index is 1940. The first-order valence-electron chi connectivity index (χ1n) is 12.4. The number of ether oxygens (including phenoxy) is 1. The molecule has 176 valence electrons. The van der Waals surface area contributed by atoms with Gasteiger partial charge >= 0.3 is 5.66 Å². The molecule has 9 rings (SSSR count). The Morgan fingerprint density at radius 3 is 2.41 bits per heavy atom. The Hall–Kier alpha value is -4.91. The topological polar surface area (TPSA) is 52.9 Å². The maximum absolute atomic E-state index is 6.52. The van der Waals surface area contributed by atoms with Crippen molar-refractivity contribution in [2.45, 2.75) is 19.5 Å². The third kappa shape index (κ3) is 2.02. The highest BCUT2D eigenvalue weighted by molar-refractivity contribution is 5.71. The van der Waals surface area contributed by atoms with Gasteiger partial charge in [0.05, 0.1) is 18.1 Å². The van der Waals surface area contributed by atoms with E-state index in [1.165, 1.54) is 0 Å². The highest BCUT2D eigenvalue weighted by Crippen LogP contribution is 2.54. The summed E-state index contributed by atoms with van der Waals surface area (Å²) in [7, 11) is 0. The Morgan fingerprint density at radius 1 is 0.838 bits per heavy atom. The molecule has 6 heterocycles. The van der Waals surface area contributed by atoms with Crippen LogP contribution in [0.25, 0.3) is 34.2 Å². The standard InChI is InChI=1S/C30H21N5O2/c1-18-26(25-17-31-29(37-25)20-9-4-3-5-10-20)19(2)35-30-27-21(32-15-8-16-33(30)32)11-6-13-23(27)36-24-14-7-12-22(28(24)30)34(18)35/h3-17H,1-2H3/q+2. The quantitative estimate of drug-likeness (QED) is 0.332. The molecule has 3 aromatic carbocycles. The van der Waals surface area contributed by atoms with Crippen LogP contribution < -0.4 is 14.1 Å². The van der Waals surface area contributed by atoms with Crippen LogP contribution in [0.4, 0.5) is 0 Å². The van der Waals surface area contributed by atoms with Crippen LogP contribution in [-0.2, 0) is 5.66 Å². The number of nitrogens with zero attached hydrogens (tertiary/aromatic N) is 5. The van der Waals surface area contributed by atoms with E-state index in [-0.39, 0.29) is 0 Å². The number of oxazole rings is 1. The Labute approximate surface area is 212 Å². The molecule has 0 radical (unpaired) electrons. The Morgan fingerprint density at radius 2 is 1.59 bits per heavy atom. The van der Waals surface area contributed by atoms with Crippen LogP contribution in [0.5, 0.6) is 11.5 Å². The number of hydrogen-bond acceptors (Lipinski definition) is 3. The number of benzene rings is 3. The van der Waals surface area contributed by atoms with Gasteiger partial charge in [-0.15, -0.1) is 9.36 Å². The average Bonchev–Trinajstić information content (AvgIpc) is 3.72. The van der Waals surface area contributed by atoms with Gasteiger partial charge in [-0.2, -0.15) is 0 Å². The van der Waals surface area contributed by atoms with Crippen molar-refractivity contribution in [3.8, 4) is 45.7 Å². The zero-order valence-corrected chi connectivity index (χ0v) is 20.2. The van der Waals surface area contributed by atoms with Crippen molar-refractivity contribution >= 4 is 0 Å². The van der Waals surface area contributed by atoms with Crippen LogP contribution in [0.2, 0.25) is 0 Å². The van der Waals surface area contributed by atoms with Crippen LogP contribution in [0, 0.1) is 13.8 Å². The first kappa shape index (κ1) is 19.3. The molecule has 7 nitrogen and oxygen atoms in total. The Balaban J connectivity index is 1.39. The lowest BCUT2D eigenvalue weighted by molar-refractivity contribution is -1.02. The maximum atomic E-state index is 6.52. The van der Waals surface area contributed by atoms with Gasteiger partial charge in [0.25, 0.3) is 0 Å². The summed E-state index contributed by atoms with van der Waals surface area (Å²) in [4.78, 5) is 4.63. The van der Waals surface area contributed by atoms with Crippen LogP contribution >= 0.6 is 0 Å². The second kappa shape index (κ2) is 6.25.